The first-order valence-electron chi connectivity index (χ1n) is 7.42. The van der Waals surface area contributed by atoms with Gasteiger partial charge in [0.25, 0.3) is 0 Å². The summed E-state index contributed by atoms with van der Waals surface area (Å²) in [5, 5.41) is 30.1. The minimum absolute atomic E-state index is 0.0149. The van der Waals surface area contributed by atoms with Gasteiger partial charge in [0.2, 0.25) is 0 Å². The van der Waals surface area contributed by atoms with Crippen LogP contribution in [0.15, 0.2) is 24.3 Å². The van der Waals surface area contributed by atoms with Gasteiger partial charge in [-0.05, 0) is 53.6 Å². The van der Waals surface area contributed by atoms with E-state index < -0.39 is 0 Å². The van der Waals surface area contributed by atoms with E-state index in [0.717, 1.165) is 36.0 Å². The Morgan fingerprint density at radius 2 is 1.24 bits per heavy atom. The van der Waals surface area contributed by atoms with Crippen LogP contribution in [0.25, 0.3) is 11.1 Å². The summed E-state index contributed by atoms with van der Waals surface area (Å²) in [5.74, 6) is -0.492. The fourth-order valence-electron chi connectivity index (χ4n) is 2.74. The molecule has 3 heteroatoms. The second-order valence-corrected chi connectivity index (χ2v) is 5.18. The topological polar surface area (TPSA) is 60.7 Å². The zero-order valence-corrected chi connectivity index (χ0v) is 12.8. The van der Waals surface area contributed by atoms with Crippen LogP contribution in [-0.2, 0) is 19.3 Å². The Hall–Kier alpha value is -2.16. The third kappa shape index (κ3) is 2.68. The van der Waals surface area contributed by atoms with Crippen LogP contribution in [-0.4, -0.2) is 15.3 Å². The van der Waals surface area contributed by atoms with Gasteiger partial charge in [-0.1, -0.05) is 32.9 Å². The van der Waals surface area contributed by atoms with Gasteiger partial charge in [0, 0.05) is 0 Å². The molecule has 2 aromatic rings. The number of rotatable bonds is 4. The Morgan fingerprint density at radius 1 is 0.714 bits per heavy atom. The molecule has 0 aromatic heterocycles. The van der Waals surface area contributed by atoms with E-state index in [4.69, 9.17) is 0 Å². The van der Waals surface area contributed by atoms with Gasteiger partial charge < -0.3 is 15.3 Å². The van der Waals surface area contributed by atoms with Crippen LogP contribution >= 0.6 is 0 Å². The molecule has 0 unspecified atom stereocenters. The van der Waals surface area contributed by atoms with Crippen LogP contribution < -0.4 is 0 Å². The molecule has 0 radical (unpaired) electrons. The predicted octanol–water partition coefficient (Wildman–Crippen LogP) is 4.16. The van der Waals surface area contributed by atoms with Crippen molar-refractivity contribution in [2.75, 3.05) is 0 Å². The third-order valence-corrected chi connectivity index (χ3v) is 3.92. The highest BCUT2D eigenvalue weighted by Crippen LogP contribution is 2.45. The molecule has 2 rings (SSSR count). The molecule has 2 aromatic carbocycles. The van der Waals surface area contributed by atoms with E-state index in [1.807, 2.05) is 0 Å². The van der Waals surface area contributed by atoms with E-state index in [1.165, 1.54) is 17.7 Å². The van der Waals surface area contributed by atoms with Gasteiger partial charge in [-0.3, -0.25) is 0 Å². The number of hydrogen-bond donors (Lipinski definition) is 3. The summed E-state index contributed by atoms with van der Waals surface area (Å²) >= 11 is 0. The number of phenols is 3. The summed E-state index contributed by atoms with van der Waals surface area (Å²) in [6.45, 7) is 6.21. The van der Waals surface area contributed by atoms with Crippen molar-refractivity contribution in [3.8, 4) is 28.4 Å². The molecule has 0 aliphatic carbocycles. The Morgan fingerprint density at radius 3 is 1.71 bits per heavy atom. The lowest BCUT2D eigenvalue weighted by molar-refractivity contribution is 0.398. The lowest BCUT2D eigenvalue weighted by atomic mass is 9.88. The maximum absolute atomic E-state index is 10.2. The Bertz CT molecular complexity index is 635. The fraction of sp³-hybridized carbons (Fsp3) is 0.333. The lowest BCUT2D eigenvalue weighted by Crippen LogP contribution is -1.98. The molecule has 0 atom stereocenters. The summed E-state index contributed by atoms with van der Waals surface area (Å²) in [5.41, 5.74) is 4.55. The van der Waals surface area contributed by atoms with E-state index in [2.05, 4.69) is 32.9 Å². The van der Waals surface area contributed by atoms with Crippen molar-refractivity contribution in [2.24, 2.45) is 0 Å². The SMILES string of the molecule is CCc1cc(CC)c(-c2c(O)ccc(O)c2O)c(CC)c1. The lowest BCUT2D eigenvalue weighted by Gasteiger charge is -2.18. The van der Waals surface area contributed by atoms with Gasteiger partial charge in [0.05, 0.1) is 5.56 Å². The molecule has 3 nitrogen and oxygen atoms in total. The number of phenolic OH excluding ortho intramolecular Hbond substituents is 3. The average Bonchev–Trinajstić information content (AvgIpc) is 2.51. The van der Waals surface area contributed by atoms with Crippen molar-refractivity contribution in [1.29, 1.82) is 0 Å². The van der Waals surface area contributed by atoms with Crippen LogP contribution in [0.5, 0.6) is 17.2 Å². The first-order valence-corrected chi connectivity index (χ1v) is 7.42. The number of benzene rings is 2. The van der Waals surface area contributed by atoms with Crippen LogP contribution in [0.1, 0.15) is 37.5 Å². The Labute approximate surface area is 125 Å². The largest absolute Gasteiger partial charge is 0.507 e. The first-order chi connectivity index (χ1) is 10.0. The van der Waals surface area contributed by atoms with Crippen molar-refractivity contribution in [3.63, 3.8) is 0 Å². The maximum atomic E-state index is 10.2. The minimum atomic E-state index is -0.261. The Kier molecular flexibility index (Phi) is 4.41. The Balaban J connectivity index is 2.83. The van der Waals surface area contributed by atoms with E-state index in [0.29, 0.717) is 5.56 Å². The van der Waals surface area contributed by atoms with E-state index in [-0.39, 0.29) is 17.2 Å². The normalized spacial score (nSPS) is 10.8. The number of aromatic hydroxyl groups is 3. The molecular formula is C18H22O3. The monoisotopic (exact) mass is 286 g/mol. The van der Waals surface area contributed by atoms with Crippen LogP contribution in [0.4, 0.5) is 0 Å². The quantitative estimate of drug-likeness (QED) is 0.584. The zero-order chi connectivity index (χ0) is 15.6. The molecule has 0 heterocycles. The summed E-state index contributed by atoms with van der Waals surface area (Å²) in [6, 6.07) is 6.93. The minimum Gasteiger partial charge on any atom is -0.507 e. The maximum Gasteiger partial charge on any atom is 0.169 e. The first kappa shape index (κ1) is 15.2. The average molecular weight is 286 g/mol. The van der Waals surface area contributed by atoms with E-state index in [1.54, 1.807) is 0 Å². The molecule has 21 heavy (non-hydrogen) atoms. The van der Waals surface area contributed by atoms with Gasteiger partial charge in [0.15, 0.2) is 11.5 Å². The molecule has 0 amide bonds. The highest BCUT2D eigenvalue weighted by molar-refractivity contribution is 5.83. The smallest absolute Gasteiger partial charge is 0.169 e. The summed E-state index contributed by atoms with van der Waals surface area (Å²) in [6.07, 6.45) is 2.54. The third-order valence-electron chi connectivity index (χ3n) is 3.92. The summed E-state index contributed by atoms with van der Waals surface area (Å²) < 4.78 is 0. The molecule has 0 fully saturated rings. The summed E-state index contributed by atoms with van der Waals surface area (Å²) in [7, 11) is 0. The predicted molar refractivity (Wildman–Crippen MR) is 85.0 cm³/mol. The van der Waals surface area contributed by atoms with Crippen molar-refractivity contribution >= 4 is 0 Å². The van der Waals surface area contributed by atoms with Crippen molar-refractivity contribution in [2.45, 2.75) is 40.0 Å². The number of aryl methyl sites for hydroxylation is 3. The molecule has 3 N–H and O–H groups in total. The van der Waals surface area contributed by atoms with Crippen molar-refractivity contribution in [3.05, 3.63) is 41.0 Å². The summed E-state index contributed by atoms with van der Waals surface area (Å²) in [4.78, 5) is 0. The standard InChI is InChI=1S/C18H22O3/c1-4-11-9-12(5-2)16(13(6-3)10-11)17-14(19)7-8-15(20)18(17)21/h7-10,19-21H,4-6H2,1-3H3. The van der Waals surface area contributed by atoms with Gasteiger partial charge in [0.1, 0.15) is 5.75 Å². The molecule has 112 valence electrons. The van der Waals surface area contributed by atoms with Crippen LogP contribution in [0.3, 0.4) is 0 Å². The number of hydrogen-bond acceptors (Lipinski definition) is 3. The molecule has 0 spiro atoms. The molecular weight excluding hydrogens is 264 g/mol. The zero-order valence-electron chi connectivity index (χ0n) is 12.8. The van der Waals surface area contributed by atoms with Gasteiger partial charge in [-0.2, -0.15) is 0 Å². The molecule has 0 aliphatic rings. The highest BCUT2D eigenvalue weighted by atomic mass is 16.3. The van der Waals surface area contributed by atoms with Crippen molar-refractivity contribution < 1.29 is 15.3 Å². The molecule has 0 saturated heterocycles. The molecule has 0 aliphatic heterocycles. The van der Waals surface area contributed by atoms with Crippen LogP contribution in [0.2, 0.25) is 0 Å². The second-order valence-electron chi connectivity index (χ2n) is 5.18. The van der Waals surface area contributed by atoms with Gasteiger partial charge >= 0.3 is 0 Å². The van der Waals surface area contributed by atoms with Crippen molar-refractivity contribution in [1.82, 2.24) is 0 Å². The van der Waals surface area contributed by atoms with E-state index in [9.17, 15) is 15.3 Å². The van der Waals surface area contributed by atoms with E-state index >= 15 is 0 Å². The second kappa shape index (κ2) is 6.08. The molecule has 0 bridgehead atoms. The van der Waals surface area contributed by atoms with Gasteiger partial charge in [-0.25, -0.2) is 0 Å². The fourth-order valence-corrected chi connectivity index (χ4v) is 2.74. The van der Waals surface area contributed by atoms with Crippen LogP contribution in [0, 0.1) is 0 Å². The van der Waals surface area contributed by atoms with Gasteiger partial charge in [-0.15, -0.1) is 0 Å². The highest BCUT2D eigenvalue weighted by Gasteiger charge is 2.19. The molecule has 0 saturated carbocycles.